The van der Waals surface area contributed by atoms with E-state index in [1.807, 2.05) is 37.3 Å². The molecule has 3 rings (SSSR count). The van der Waals surface area contributed by atoms with Crippen molar-refractivity contribution >= 4 is 17.7 Å². The first-order valence-electron chi connectivity index (χ1n) is 9.27. The van der Waals surface area contributed by atoms with Gasteiger partial charge in [0.25, 0.3) is 0 Å². The molecule has 2 atom stereocenters. The first kappa shape index (κ1) is 20.1. The number of hydrogen-bond donors (Lipinski definition) is 1. The Hall–Kier alpha value is -2.67. The van der Waals surface area contributed by atoms with Crippen LogP contribution in [0.4, 0.5) is 4.39 Å². The van der Waals surface area contributed by atoms with Crippen molar-refractivity contribution in [1.29, 1.82) is 0 Å². The highest BCUT2D eigenvalue weighted by Crippen LogP contribution is 2.26. The van der Waals surface area contributed by atoms with Crippen LogP contribution in [-0.4, -0.2) is 25.9 Å². The van der Waals surface area contributed by atoms with Crippen molar-refractivity contribution in [2.75, 3.05) is 0 Å². The summed E-state index contributed by atoms with van der Waals surface area (Å²) in [5.41, 5.74) is 1.44. The van der Waals surface area contributed by atoms with Gasteiger partial charge in [0.1, 0.15) is 12.1 Å². The minimum absolute atomic E-state index is 0.0359. The summed E-state index contributed by atoms with van der Waals surface area (Å²) < 4.78 is 15.7. The van der Waals surface area contributed by atoms with Crippen molar-refractivity contribution in [2.45, 2.75) is 43.1 Å². The average molecular weight is 399 g/mol. The van der Waals surface area contributed by atoms with Gasteiger partial charge in [0.05, 0.1) is 17.0 Å². The molecular formula is C21H23FN4OS. The van der Waals surface area contributed by atoms with E-state index < -0.39 is 5.25 Å². The summed E-state index contributed by atoms with van der Waals surface area (Å²) in [7, 11) is 0. The second-order valence-corrected chi connectivity index (χ2v) is 7.76. The molecule has 5 nitrogen and oxygen atoms in total. The molecule has 0 aliphatic heterocycles. The molecule has 1 heterocycles. The van der Waals surface area contributed by atoms with Crippen LogP contribution >= 0.6 is 11.8 Å². The van der Waals surface area contributed by atoms with Crippen molar-refractivity contribution in [3.05, 3.63) is 72.3 Å². The monoisotopic (exact) mass is 398 g/mol. The van der Waals surface area contributed by atoms with E-state index in [1.54, 1.807) is 22.8 Å². The molecule has 0 spiro atoms. The number of para-hydroxylation sites is 1. The Labute approximate surface area is 168 Å². The van der Waals surface area contributed by atoms with Gasteiger partial charge in [-0.2, -0.15) is 0 Å². The van der Waals surface area contributed by atoms with Crippen LogP contribution < -0.4 is 5.32 Å². The van der Waals surface area contributed by atoms with E-state index in [9.17, 15) is 9.18 Å². The van der Waals surface area contributed by atoms with Crippen LogP contribution in [0.25, 0.3) is 5.69 Å². The second kappa shape index (κ2) is 9.50. The summed E-state index contributed by atoms with van der Waals surface area (Å²) in [6.07, 6.45) is 3.27. The predicted octanol–water partition coefficient (Wildman–Crippen LogP) is 4.54. The molecule has 0 aliphatic rings. The third kappa shape index (κ3) is 4.78. The third-order valence-corrected chi connectivity index (χ3v) is 5.43. The number of nitrogens with one attached hydrogen (secondary N) is 1. The standard InChI is InChI=1S/C21H23FN4OS/c1-3-9-18(16-10-5-4-6-11-16)24-20(27)15(2)28-21-25-23-14-26(21)19-13-8-7-12-17(19)22/h4-8,10-15,18H,3,9H2,1-2H3,(H,24,27)/t15-,18-/m0/s1. The lowest BCUT2D eigenvalue weighted by atomic mass is 10.0. The fourth-order valence-electron chi connectivity index (χ4n) is 2.91. The Morgan fingerprint density at radius 1 is 1.18 bits per heavy atom. The molecule has 0 saturated heterocycles. The molecule has 0 fully saturated rings. The molecule has 0 unspecified atom stereocenters. The summed E-state index contributed by atoms with van der Waals surface area (Å²) in [4.78, 5) is 12.8. The number of carbonyl (C=O) groups is 1. The summed E-state index contributed by atoms with van der Waals surface area (Å²) in [5, 5.41) is 11.1. The number of nitrogens with zero attached hydrogens (tertiary/aromatic N) is 3. The minimum atomic E-state index is -0.405. The SMILES string of the molecule is CCC[C@H](NC(=O)[C@H](C)Sc1nncn1-c1ccccc1F)c1ccccc1. The van der Waals surface area contributed by atoms with Crippen LogP contribution in [-0.2, 0) is 4.79 Å². The Balaban J connectivity index is 1.71. The van der Waals surface area contributed by atoms with Crippen LogP contribution in [0, 0.1) is 5.82 Å². The number of benzene rings is 2. The van der Waals surface area contributed by atoms with E-state index in [-0.39, 0.29) is 17.8 Å². The maximum Gasteiger partial charge on any atom is 0.233 e. The smallest absolute Gasteiger partial charge is 0.233 e. The van der Waals surface area contributed by atoms with E-state index >= 15 is 0 Å². The zero-order valence-electron chi connectivity index (χ0n) is 15.9. The topological polar surface area (TPSA) is 59.8 Å². The van der Waals surface area contributed by atoms with Gasteiger partial charge in [-0.3, -0.25) is 9.36 Å². The molecule has 1 N–H and O–H groups in total. The number of aromatic nitrogens is 3. The van der Waals surface area contributed by atoms with Crippen molar-refractivity contribution in [1.82, 2.24) is 20.1 Å². The maximum absolute atomic E-state index is 14.1. The highest BCUT2D eigenvalue weighted by molar-refractivity contribution is 8.00. The van der Waals surface area contributed by atoms with Gasteiger partial charge in [-0.25, -0.2) is 4.39 Å². The average Bonchev–Trinajstić information content (AvgIpc) is 3.16. The first-order valence-corrected chi connectivity index (χ1v) is 10.1. The van der Waals surface area contributed by atoms with Gasteiger partial charge in [0.2, 0.25) is 5.91 Å². The number of carbonyl (C=O) groups excluding carboxylic acids is 1. The number of hydrogen-bond acceptors (Lipinski definition) is 4. The lowest BCUT2D eigenvalue weighted by Gasteiger charge is -2.21. The van der Waals surface area contributed by atoms with Crippen LogP contribution in [0.1, 0.15) is 38.3 Å². The Kier molecular flexibility index (Phi) is 6.81. The number of amides is 1. The fourth-order valence-corrected chi connectivity index (χ4v) is 3.76. The van der Waals surface area contributed by atoms with Gasteiger partial charge >= 0.3 is 0 Å². The molecular weight excluding hydrogens is 375 g/mol. The minimum Gasteiger partial charge on any atom is -0.348 e. The van der Waals surface area contributed by atoms with Crippen molar-refractivity contribution in [3.8, 4) is 5.69 Å². The van der Waals surface area contributed by atoms with Crippen molar-refractivity contribution in [3.63, 3.8) is 0 Å². The summed E-state index contributed by atoms with van der Waals surface area (Å²) >= 11 is 1.25. The normalized spacial score (nSPS) is 13.1. The molecule has 1 aromatic heterocycles. The Morgan fingerprint density at radius 2 is 1.89 bits per heavy atom. The lowest BCUT2D eigenvalue weighted by Crippen LogP contribution is -2.34. The van der Waals surface area contributed by atoms with Crippen LogP contribution in [0.2, 0.25) is 0 Å². The Morgan fingerprint density at radius 3 is 2.61 bits per heavy atom. The third-order valence-electron chi connectivity index (χ3n) is 4.38. The molecule has 0 radical (unpaired) electrons. The largest absolute Gasteiger partial charge is 0.348 e. The predicted molar refractivity (Wildman–Crippen MR) is 109 cm³/mol. The van der Waals surface area contributed by atoms with Crippen LogP contribution in [0.5, 0.6) is 0 Å². The zero-order chi connectivity index (χ0) is 19.9. The van der Waals surface area contributed by atoms with Crippen molar-refractivity contribution < 1.29 is 9.18 Å². The quantitative estimate of drug-likeness (QED) is 0.566. The van der Waals surface area contributed by atoms with Gasteiger partial charge < -0.3 is 5.32 Å². The number of thioether (sulfide) groups is 1. The number of halogens is 1. The zero-order valence-corrected chi connectivity index (χ0v) is 16.7. The summed E-state index contributed by atoms with van der Waals surface area (Å²) in [5.74, 6) is -0.455. The Bertz CT molecular complexity index is 916. The van der Waals surface area contributed by atoms with E-state index in [4.69, 9.17) is 0 Å². The molecule has 3 aromatic rings. The molecule has 146 valence electrons. The molecule has 2 aromatic carbocycles. The van der Waals surface area contributed by atoms with E-state index in [2.05, 4.69) is 22.4 Å². The highest BCUT2D eigenvalue weighted by atomic mass is 32.2. The first-order chi connectivity index (χ1) is 13.6. The maximum atomic E-state index is 14.1. The van der Waals surface area contributed by atoms with Gasteiger partial charge in [-0.15, -0.1) is 10.2 Å². The van der Waals surface area contributed by atoms with Crippen LogP contribution in [0.15, 0.2) is 66.1 Å². The molecule has 0 bridgehead atoms. The van der Waals surface area contributed by atoms with E-state index in [0.717, 1.165) is 18.4 Å². The molecule has 28 heavy (non-hydrogen) atoms. The van der Waals surface area contributed by atoms with Gasteiger partial charge in [0.15, 0.2) is 5.16 Å². The summed E-state index contributed by atoms with van der Waals surface area (Å²) in [6, 6.07) is 16.3. The molecule has 0 saturated carbocycles. The second-order valence-electron chi connectivity index (χ2n) is 6.46. The van der Waals surface area contributed by atoms with E-state index in [1.165, 1.54) is 24.2 Å². The summed E-state index contributed by atoms with van der Waals surface area (Å²) in [6.45, 7) is 3.91. The molecule has 0 aliphatic carbocycles. The van der Waals surface area contributed by atoms with Crippen LogP contribution in [0.3, 0.4) is 0 Å². The molecule has 7 heteroatoms. The lowest BCUT2D eigenvalue weighted by molar-refractivity contribution is -0.121. The van der Waals surface area contributed by atoms with Crippen molar-refractivity contribution in [2.24, 2.45) is 0 Å². The molecule has 1 amide bonds. The van der Waals surface area contributed by atoms with E-state index in [0.29, 0.717) is 10.8 Å². The number of rotatable bonds is 8. The highest BCUT2D eigenvalue weighted by Gasteiger charge is 2.22. The van der Waals surface area contributed by atoms with Gasteiger partial charge in [-0.05, 0) is 31.0 Å². The van der Waals surface area contributed by atoms with Gasteiger partial charge in [-0.1, -0.05) is 67.6 Å². The van der Waals surface area contributed by atoms with Gasteiger partial charge in [0, 0.05) is 0 Å². The fraction of sp³-hybridized carbons (Fsp3) is 0.286.